The molecule has 0 aliphatic carbocycles. The van der Waals surface area contributed by atoms with Gasteiger partial charge in [-0.3, -0.25) is 0 Å². The zero-order chi connectivity index (χ0) is 21.5. The minimum atomic E-state index is -0.662. The van der Waals surface area contributed by atoms with E-state index in [9.17, 15) is 10.1 Å². The van der Waals surface area contributed by atoms with Gasteiger partial charge in [0.15, 0.2) is 11.5 Å². The molecule has 7 nitrogen and oxygen atoms in total. The lowest BCUT2D eigenvalue weighted by atomic mass is 10.1. The highest BCUT2D eigenvalue weighted by atomic mass is 16.5. The lowest BCUT2D eigenvalue weighted by molar-refractivity contribution is -0.137. The molecule has 152 valence electrons. The molecule has 0 aliphatic rings. The van der Waals surface area contributed by atoms with Crippen LogP contribution >= 0.6 is 0 Å². The Balaban J connectivity index is 1.81. The van der Waals surface area contributed by atoms with Crippen LogP contribution in [0.3, 0.4) is 0 Å². The lowest BCUT2D eigenvalue weighted by Crippen LogP contribution is -2.06. The Labute approximate surface area is 174 Å². The number of fused-ring (bicyclic) bond motifs is 1. The van der Waals surface area contributed by atoms with Crippen LogP contribution in [0.15, 0.2) is 48.0 Å². The number of rotatable bonds is 7. The topological polar surface area (TPSA) is 94.3 Å². The summed E-state index contributed by atoms with van der Waals surface area (Å²) >= 11 is 0. The van der Waals surface area contributed by atoms with Crippen molar-refractivity contribution in [1.29, 1.82) is 5.26 Å². The molecule has 30 heavy (non-hydrogen) atoms. The molecule has 0 atom stereocenters. The fourth-order valence-corrected chi connectivity index (χ4v) is 2.81. The summed E-state index contributed by atoms with van der Waals surface area (Å²) in [4.78, 5) is 21.0. The molecular formula is C23H21N3O4. The maximum absolute atomic E-state index is 11.8. The van der Waals surface area contributed by atoms with E-state index < -0.39 is 5.97 Å². The van der Waals surface area contributed by atoms with E-state index in [-0.39, 0.29) is 18.8 Å². The van der Waals surface area contributed by atoms with Crippen molar-refractivity contribution in [3.05, 3.63) is 65.0 Å². The Kier molecular flexibility index (Phi) is 6.60. The number of nitrogens with zero attached hydrogens (tertiary/aromatic N) is 3. The van der Waals surface area contributed by atoms with Crippen molar-refractivity contribution in [3.8, 4) is 17.6 Å². The summed E-state index contributed by atoms with van der Waals surface area (Å²) in [5.74, 6) is 0.319. The summed E-state index contributed by atoms with van der Waals surface area (Å²) in [6.45, 7) is 4.00. The van der Waals surface area contributed by atoms with Gasteiger partial charge in [-0.25, -0.2) is 14.8 Å². The summed E-state index contributed by atoms with van der Waals surface area (Å²) in [5, 5.41) is 9.19. The zero-order valence-corrected chi connectivity index (χ0v) is 17.0. The zero-order valence-electron chi connectivity index (χ0n) is 17.0. The SMILES string of the molecule is CCOC(=O)C(C#N)=Cc1ccc(OCc2nc3ccccc3nc2C)c(OC)c1. The fraction of sp³-hybridized carbons (Fsp3) is 0.217. The molecule has 1 heterocycles. The summed E-state index contributed by atoms with van der Waals surface area (Å²) in [7, 11) is 1.52. The van der Waals surface area contributed by atoms with E-state index in [2.05, 4.69) is 9.97 Å². The molecule has 0 spiro atoms. The normalized spacial score (nSPS) is 11.1. The average molecular weight is 403 g/mol. The van der Waals surface area contributed by atoms with Crippen LogP contribution in [0.4, 0.5) is 0 Å². The van der Waals surface area contributed by atoms with Gasteiger partial charge in [-0.1, -0.05) is 18.2 Å². The van der Waals surface area contributed by atoms with Crippen molar-refractivity contribution in [1.82, 2.24) is 9.97 Å². The number of carbonyl (C=O) groups is 1. The highest BCUT2D eigenvalue weighted by molar-refractivity contribution is 5.97. The summed E-state index contributed by atoms with van der Waals surface area (Å²) in [6.07, 6.45) is 1.45. The number of esters is 1. The first-order valence-electron chi connectivity index (χ1n) is 9.37. The highest BCUT2D eigenvalue weighted by Gasteiger charge is 2.12. The average Bonchev–Trinajstić information content (AvgIpc) is 2.76. The Bertz CT molecular complexity index is 1150. The van der Waals surface area contributed by atoms with E-state index in [1.165, 1.54) is 13.2 Å². The third-order valence-corrected chi connectivity index (χ3v) is 4.32. The van der Waals surface area contributed by atoms with E-state index >= 15 is 0 Å². The van der Waals surface area contributed by atoms with Crippen LogP contribution in [0.5, 0.6) is 11.5 Å². The quantitative estimate of drug-likeness (QED) is 0.334. The molecule has 0 saturated heterocycles. The fourth-order valence-electron chi connectivity index (χ4n) is 2.81. The maximum Gasteiger partial charge on any atom is 0.348 e. The summed E-state index contributed by atoms with van der Waals surface area (Å²) in [6, 6.07) is 14.6. The van der Waals surface area contributed by atoms with Gasteiger partial charge in [0.2, 0.25) is 0 Å². The number of aryl methyl sites for hydroxylation is 1. The number of carbonyl (C=O) groups excluding carboxylic acids is 1. The standard InChI is InChI=1S/C23H21N3O4/c1-4-29-23(27)17(13-24)11-16-9-10-21(22(12-16)28-3)30-14-20-15(2)25-18-7-5-6-8-19(18)26-20/h5-12H,4,14H2,1-3H3. The Hall–Kier alpha value is -3.92. The van der Waals surface area contributed by atoms with Gasteiger partial charge >= 0.3 is 5.97 Å². The summed E-state index contributed by atoms with van der Waals surface area (Å²) < 4.78 is 16.2. The van der Waals surface area contributed by atoms with Crippen LogP contribution in [-0.4, -0.2) is 29.7 Å². The predicted molar refractivity (Wildman–Crippen MR) is 112 cm³/mol. The predicted octanol–water partition coefficient (Wildman–Crippen LogP) is 4.00. The molecule has 0 fully saturated rings. The van der Waals surface area contributed by atoms with Crippen LogP contribution in [0.2, 0.25) is 0 Å². The van der Waals surface area contributed by atoms with Crippen LogP contribution in [-0.2, 0) is 16.1 Å². The van der Waals surface area contributed by atoms with Crippen molar-refractivity contribution in [2.24, 2.45) is 0 Å². The number of nitriles is 1. The Morgan fingerprint density at radius 2 is 1.87 bits per heavy atom. The highest BCUT2D eigenvalue weighted by Crippen LogP contribution is 2.30. The number of ether oxygens (including phenoxy) is 3. The van der Waals surface area contributed by atoms with Gasteiger partial charge in [-0.15, -0.1) is 0 Å². The van der Waals surface area contributed by atoms with Gasteiger partial charge in [0, 0.05) is 0 Å². The van der Waals surface area contributed by atoms with Crippen LogP contribution in [0.25, 0.3) is 17.1 Å². The first-order valence-corrected chi connectivity index (χ1v) is 9.37. The third kappa shape index (κ3) is 4.73. The van der Waals surface area contributed by atoms with E-state index in [4.69, 9.17) is 14.2 Å². The number of para-hydroxylation sites is 2. The van der Waals surface area contributed by atoms with Gasteiger partial charge in [-0.2, -0.15) is 5.26 Å². The number of methoxy groups -OCH3 is 1. The Morgan fingerprint density at radius 3 is 2.53 bits per heavy atom. The van der Waals surface area contributed by atoms with E-state index in [1.807, 2.05) is 37.3 Å². The molecule has 0 bridgehead atoms. The molecule has 7 heteroatoms. The molecule has 1 aromatic heterocycles. The molecule has 0 saturated carbocycles. The molecule has 0 unspecified atom stereocenters. The van der Waals surface area contributed by atoms with Crippen LogP contribution < -0.4 is 9.47 Å². The second kappa shape index (κ2) is 9.52. The smallest absolute Gasteiger partial charge is 0.348 e. The van der Waals surface area contributed by atoms with Crippen molar-refractivity contribution < 1.29 is 19.0 Å². The lowest BCUT2D eigenvalue weighted by Gasteiger charge is -2.12. The molecule has 0 amide bonds. The van der Waals surface area contributed by atoms with Gasteiger partial charge in [0.25, 0.3) is 0 Å². The van der Waals surface area contributed by atoms with Crippen LogP contribution in [0, 0.1) is 18.3 Å². The minimum Gasteiger partial charge on any atom is -0.493 e. The summed E-state index contributed by atoms with van der Waals surface area (Å²) in [5.41, 5.74) is 3.69. The molecule has 2 aromatic carbocycles. The number of hydrogen-bond donors (Lipinski definition) is 0. The van der Waals surface area contributed by atoms with Crippen LogP contribution in [0.1, 0.15) is 23.9 Å². The second-order valence-electron chi connectivity index (χ2n) is 6.33. The van der Waals surface area contributed by atoms with Crippen molar-refractivity contribution in [2.45, 2.75) is 20.5 Å². The molecule has 0 radical (unpaired) electrons. The van der Waals surface area contributed by atoms with Gasteiger partial charge in [0.1, 0.15) is 18.2 Å². The minimum absolute atomic E-state index is 0.0883. The van der Waals surface area contributed by atoms with Gasteiger partial charge in [0.05, 0.1) is 36.1 Å². The molecule has 0 N–H and O–H groups in total. The molecular weight excluding hydrogens is 382 g/mol. The first kappa shape index (κ1) is 20.8. The van der Waals surface area contributed by atoms with E-state index in [1.54, 1.807) is 25.1 Å². The van der Waals surface area contributed by atoms with Gasteiger partial charge in [-0.05, 0) is 49.8 Å². The number of hydrogen-bond acceptors (Lipinski definition) is 7. The third-order valence-electron chi connectivity index (χ3n) is 4.32. The molecule has 3 aromatic rings. The second-order valence-corrected chi connectivity index (χ2v) is 6.33. The first-order chi connectivity index (χ1) is 14.5. The van der Waals surface area contributed by atoms with Crippen molar-refractivity contribution >= 4 is 23.1 Å². The monoisotopic (exact) mass is 403 g/mol. The van der Waals surface area contributed by atoms with Crippen molar-refractivity contribution in [3.63, 3.8) is 0 Å². The van der Waals surface area contributed by atoms with E-state index in [0.29, 0.717) is 17.1 Å². The van der Waals surface area contributed by atoms with Crippen molar-refractivity contribution in [2.75, 3.05) is 13.7 Å². The molecule has 0 aliphatic heterocycles. The largest absolute Gasteiger partial charge is 0.493 e. The number of aromatic nitrogens is 2. The molecule has 3 rings (SSSR count). The number of benzene rings is 2. The maximum atomic E-state index is 11.8. The Morgan fingerprint density at radius 1 is 1.13 bits per heavy atom. The van der Waals surface area contributed by atoms with E-state index in [0.717, 1.165) is 22.4 Å². The van der Waals surface area contributed by atoms with Gasteiger partial charge < -0.3 is 14.2 Å².